The number of methoxy groups -OCH3 is 1. The summed E-state index contributed by atoms with van der Waals surface area (Å²) in [5, 5.41) is 13.7. The first-order valence-electron chi connectivity index (χ1n) is 4.73. The highest BCUT2D eigenvalue weighted by Crippen LogP contribution is 1.91. The van der Waals surface area contributed by atoms with Gasteiger partial charge in [-0.2, -0.15) is 0 Å². The third-order valence-corrected chi connectivity index (χ3v) is 1.71. The van der Waals surface area contributed by atoms with E-state index >= 15 is 0 Å². The highest BCUT2D eigenvalue weighted by molar-refractivity contribution is 5.83. The Morgan fingerprint density at radius 2 is 2.13 bits per heavy atom. The van der Waals surface area contributed by atoms with Crippen LogP contribution >= 0.6 is 0 Å². The summed E-state index contributed by atoms with van der Waals surface area (Å²) in [7, 11) is 1.52. The first-order valence-corrected chi connectivity index (χ1v) is 4.73. The van der Waals surface area contributed by atoms with Crippen molar-refractivity contribution in [2.45, 2.75) is 19.4 Å². The maximum atomic E-state index is 11.2. The number of carbonyl (C=O) groups is 2. The summed E-state index contributed by atoms with van der Waals surface area (Å²) in [5.41, 5.74) is 0. The predicted molar refractivity (Wildman–Crippen MR) is 54.2 cm³/mol. The third-order valence-electron chi connectivity index (χ3n) is 1.71. The molecule has 0 aliphatic rings. The minimum absolute atomic E-state index is 0.0194. The van der Waals surface area contributed by atoms with Crippen LogP contribution in [0.4, 0.5) is 0 Å². The molecule has 0 bridgehead atoms. The molecule has 0 rings (SSSR count). The summed E-state index contributed by atoms with van der Waals surface area (Å²) in [5.74, 6) is -0.545. The molecule has 0 saturated carbocycles. The molecule has 0 aromatic rings. The minimum atomic E-state index is -0.291. The number of nitrogens with one attached hydrogen (secondary N) is 2. The van der Waals surface area contributed by atoms with Crippen LogP contribution in [0, 0.1) is 0 Å². The van der Waals surface area contributed by atoms with Crippen molar-refractivity contribution in [3.8, 4) is 0 Å². The third kappa shape index (κ3) is 7.90. The molecule has 2 amide bonds. The van der Waals surface area contributed by atoms with Gasteiger partial charge in [-0.15, -0.1) is 0 Å². The fraction of sp³-hybridized carbons (Fsp3) is 0.778. The lowest BCUT2D eigenvalue weighted by Crippen LogP contribution is -2.43. The number of rotatable bonds is 7. The summed E-state index contributed by atoms with van der Waals surface area (Å²) in [6, 6.07) is -0.221. The molecule has 0 aliphatic heterocycles. The van der Waals surface area contributed by atoms with E-state index in [9.17, 15) is 9.59 Å². The normalized spacial score (nSPS) is 11.9. The average Bonchev–Trinajstić information content (AvgIpc) is 2.15. The zero-order valence-corrected chi connectivity index (χ0v) is 9.08. The van der Waals surface area contributed by atoms with Gasteiger partial charge in [0.1, 0.15) is 0 Å². The maximum absolute atomic E-state index is 11.2. The van der Waals surface area contributed by atoms with Crippen molar-refractivity contribution in [1.82, 2.24) is 10.6 Å². The van der Waals surface area contributed by atoms with Gasteiger partial charge in [-0.25, -0.2) is 0 Å². The van der Waals surface area contributed by atoms with Gasteiger partial charge in [0.25, 0.3) is 0 Å². The van der Waals surface area contributed by atoms with E-state index in [4.69, 9.17) is 9.84 Å². The maximum Gasteiger partial charge on any atom is 0.239 e. The van der Waals surface area contributed by atoms with Gasteiger partial charge in [-0.3, -0.25) is 9.59 Å². The lowest BCUT2D eigenvalue weighted by molar-refractivity contribution is -0.125. The van der Waals surface area contributed by atoms with Crippen molar-refractivity contribution < 1.29 is 19.4 Å². The molecule has 88 valence electrons. The zero-order valence-electron chi connectivity index (χ0n) is 9.08. The molecule has 0 saturated heterocycles. The molecule has 3 N–H and O–H groups in total. The van der Waals surface area contributed by atoms with Gasteiger partial charge < -0.3 is 20.5 Å². The van der Waals surface area contributed by atoms with E-state index < -0.39 is 0 Å². The van der Waals surface area contributed by atoms with E-state index in [0.717, 1.165) is 0 Å². The fourth-order valence-electron chi connectivity index (χ4n) is 1.04. The molecule has 0 spiro atoms. The lowest BCUT2D eigenvalue weighted by atomic mass is 10.2. The molecule has 1 unspecified atom stereocenters. The molecule has 0 aliphatic carbocycles. The summed E-state index contributed by atoms with van der Waals surface area (Å²) in [6.45, 7) is 1.61. The Balaban J connectivity index is 3.82. The molecule has 6 nitrogen and oxygen atoms in total. The van der Waals surface area contributed by atoms with Crippen molar-refractivity contribution in [3.05, 3.63) is 0 Å². The van der Waals surface area contributed by atoms with Crippen LogP contribution in [0.3, 0.4) is 0 Å². The van der Waals surface area contributed by atoms with Crippen molar-refractivity contribution in [2.24, 2.45) is 0 Å². The Morgan fingerprint density at radius 1 is 1.47 bits per heavy atom. The van der Waals surface area contributed by atoms with Crippen LogP contribution in [0.15, 0.2) is 0 Å². The van der Waals surface area contributed by atoms with Crippen molar-refractivity contribution in [1.29, 1.82) is 0 Å². The van der Waals surface area contributed by atoms with E-state index in [1.54, 1.807) is 0 Å². The molecule has 0 aromatic carbocycles. The van der Waals surface area contributed by atoms with Gasteiger partial charge in [-0.1, -0.05) is 0 Å². The van der Waals surface area contributed by atoms with Gasteiger partial charge in [0.05, 0.1) is 19.2 Å². The second-order valence-electron chi connectivity index (χ2n) is 3.14. The topological polar surface area (TPSA) is 87.7 Å². The minimum Gasteiger partial charge on any atom is -0.396 e. The summed E-state index contributed by atoms with van der Waals surface area (Å²) >= 11 is 0. The molecule has 15 heavy (non-hydrogen) atoms. The largest absolute Gasteiger partial charge is 0.396 e. The Bertz CT molecular complexity index is 202. The standard InChI is InChI=1S/C9H18N2O4/c1-7(13)10-5-9(14)11-8(3-4-12)6-15-2/h8,12H,3-6H2,1-2H3,(H,10,13)(H,11,14). The molecule has 0 aromatic heterocycles. The average molecular weight is 218 g/mol. The molecular formula is C9H18N2O4. The van der Waals surface area contributed by atoms with Gasteiger partial charge in [-0.05, 0) is 6.42 Å². The van der Waals surface area contributed by atoms with Crippen molar-refractivity contribution >= 4 is 11.8 Å². The SMILES string of the molecule is COCC(CCO)NC(=O)CNC(C)=O. The van der Waals surface area contributed by atoms with Gasteiger partial charge >= 0.3 is 0 Å². The monoisotopic (exact) mass is 218 g/mol. The first-order chi connectivity index (χ1) is 7.10. The summed E-state index contributed by atoms with van der Waals surface area (Å²) in [4.78, 5) is 21.8. The van der Waals surface area contributed by atoms with Gasteiger partial charge in [0.15, 0.2) is 0 Å². The van der Waals surface area contributed by atoms with Gasteiger partial charge in [0, 0.05) is 20.6 Å². The van der Waals surface area contributed by atoms with E-state index in [2.05, 4.69) is 10.6 Å². The van der Waals surface area contributed by atoms with Crippen LogP contribution in [0.2, 0.25) is 0 Å². The Hall–Kier alpha value is -1.14. The number of amides is 2. The Labute approximate surface area is 89.0 Å². The predicted octanol–water partition coefficient (Wildman–Crippen LogP) is -1.36. The molecule has 0 heterocycles. The molecular weight excluding hydrogens is 200 g/mol. The van der Waals surface area contributed by atoms with E-state index in [-0.39, 0.29) is 31.0 Å². The smallest absolute Gasteiger partial charge is 0.239 e. The number of carbonyl (C=O) groups excluding carboxylic acids is 2. The van der Waals surface area contributed by atoms with Crippen LogP contribution in [0.1, 0.15) is 13.3 Å². The Morgan fingerprint density at radius 3 is 2.60 bits per heavy atom. The van der Waals surface area contributed by atoms with Crippen molar-refractivity contribution in [3.63, 3.8) is 0 Å². The van der Waals surface area contributed by atoms with E-state index in [1.807, 2.05) is 0 Å². The van der Waals surface area contributed by atoms with E-state index in [1.165, 1.54) is 14.0 Å². The number of ether oxygens (including phenoxy) is 1. The van der Waals surface area contributed by atoms with Crippen LogP contribution in [-0.2, 0) is 14.3 Å². The molecule has 0 fully saturated rings. The van der Waals surface area contributed by atoms with E-state index in [0.29, 0.717) is 13.0 Å². The van der Waals surface area contributed by atoms with Crippen LogP contribution in [0.5, 0.6) is 0 Å². The summed E-state index contributed by atoms with van der Waals surface area (Å²) < 4.78 is 4.87. The lowest BCUT2D eigenvalue weighted by Gasteiger charge is -2.16. The number of aliphatic hydroxyl groups excluding tert-OH is 1. The Kier molecular flexibility index (Phi) is 7.57. The number of aliphatic hydroxyl groups is 1. The molecule has 0 radical (unpaired) electrons. The van der Waals surface area contributed by atoms with Gasteiger partial charge in [0.2, 0.25) is 11.8 Å². The first kappa shape index (κ1) is 13.9. The van der Waals surface area contributed by atoms with Crippen LogP contribution in [-0.4, -0.2) is 49.8 Å². The number of hydrogen-bond acceptors (Lipinski definition) is 4. The number of hydrogen-bond donors (Lipinski definition) is 3. The summed E-state index contributed by atoms with van der Waals surface area (Å²) in [6.07, 6.45) is 0.430. The quantitative estimate of drug-likeness (QED) is 0.492. The second kappa shape index (κ2) is 8.19. The van der Waals surface area contributed by atoms with Crippen LogP contribution in [0.25, 0.3) is 0 Å². The van der Waals surface area contributed by atoms with Crippen molar-refractivity contribution in [2.75, 3.05) is 26.9 Å². The zero-order chi connectivity index (χ0) is 11.7. The molecule has 6 heteroatoms. The second-order valence-corrected chi connectivity index (χ2v) is 3.14. The van der Waals surface area contributed by atoms with Crippen LogP contribution < -0.4 is 10.6 Å². The molecule has 1 atom stereocenters. The highest BCUT2D eigenvalue weighted by atomic mass is 16.5. The highest BCUT2D eigenvalue weighted by Gasteiger charge is 2.11. The fourth-order valence-corrected chi connectivity index (χ4v) is 1.04.